The topological polar surface area (TPSA) is 64.6 Å². The normalized spacial score (nSPS) is 16.1. The van der Waals surface area contributed by atoms with Gasteiger partial charge in [0.15, 0.2) is 0 Å². The van der Waals surface area contributed by atoms with Gasteiger partial charge in [0.25, 0.3) is 0 Å². The Morgan fingerprint density at radius 1 is 1.12 bits per heavy atom. The number of rotatable bonds is 6. The van der Waals surface area contributed by atoms with Crippen LogP contribution in [0, 0.1) is 5.92 Å². The Labute approximate surface area is 96.5 Å². The van der Waals surface area contributed by atoms with Gasteiger partial charge < -0.3 is 9.47 Å². The summed E-state index contributed by atoms with van der Waals surface area (Å²) in [5.74, 6) is -0.651. The predicted octanol–water partition coefficient (Wildman–Crippen LogP) is 0.725. The summed E-state index contributed by atoms with van der Waals surface area (Å²) in [5, 5.41) is 2.92. The van der Waals surface area contributed by atoms with Crippen molar-refractivity contribution < 1.29 is 19.1 Å². The third-order valence-corrected chi connectivity index (χ3v) is 2.65. The summed E-state index contributed by atoms with van der Waals surface area (Å²) in [7, 11) is 2.65. The molecule has 3 atom stereocenters. The first-order chi connectivity index (χ1) is 7.47. The summed E-state index contributed by atoms with van der Waals surface area (Å²) in [6.45, 7) is 5.56. The fourth-order valence-electron chi connectivity index (χ4n) is 1.34. The maximum atomic E-state index is 11.5. The quantitative estimate of drug-likeness (QED) is 0.682. The van der Waals surface area contributed by atoms with E-state index in [1.807, 2.05) is 13.8 Å². The van der Waals surface area contributed by atoms with E-state index in [4.69, 9.17) is 4.74 Å². The zero-order valence-electron chi connectivity index (χ0n) is 10.6. The van der Waals surface area contributed by atoms with Gasteiger partial charge in [0.1, 0.15) is 12.1 Å². The van der Waals surface area contributed by atoms with Crippen LogP contribution in [0.4, 0.5) is 0 Å². The minimum atomic E-state index is -0.525. The van der Waals surface area contributed by atoms with E-state index in [1.54, 1.807) is 6.92 Å². The van der Waals surface area contributed by atoms with E-state index in [-0.39, 0.29) is 11.9 Å². The molecule has 0 aliphatic heterocycles. The van der Waals surface area contributed by atoms with E-state index in [2.05, 4.69) is 10.1 Å². The lowest BCUT2D eigenvalue weighted by Crippen LogP contribution is -2.49. The van der Waals surface area contributed by atoms with Crippen molar-refractivity contribution >= 4 is 11.9 Å². The SMILES string of the molecule is CCC(C)C(NC(C)C(=O)OC)C(=O)OC. The summed E-state index contributed by atoms with van der Waals surface area (Å²) in [4.78, 5) is 22.8. The molecule has 0 aliphatic rings. The van der Waals surface area contributed by atoms with Crippen LogP contribution >= 0.6 is 0 Å². The molecule has 16 heavy (non-hydrogen) atoms. The Hall–Kier alpha value is -1.10. The summed E-state index contributed by atoms with van der Waals surface area (Å²) in [6, 6.07) is -1.01. The van der Waals surface area contributed by atoms with Crippen LogP contribution in [-0.2, 0) is 19.1 Å². The van der Waals surface area contributed by atoms with Crippen molar-refractivity contribution in [3.05, 3.63) is 0 Å². The minimum absolute atomic E-state index is 0.0968. The van der Waals surface area contributed by atoms with Gasteiger partial charge in [-0.05, 0) is 12.8 Å². The molecule has 0 aromatic heterocycles. The molecule has 94 valence electrons. The van der Waals surface area contributed by atoms with Gasteiger partial charge in [0.2, 0.25) is 0 Å². The van der Waals surface area contributed by atoms with Gasteiger partial charge in [0, 0.05) is 0 Å². The van der Waals surface area contributed by atoms with Crippen molar-refractivity contribution in [2.75, 3.05) is 14.2 Å². The highest BCUT2D eigenvalue weighted by molar-refractivity contribution is 5.79. The summed E-state index contributed by atoms with van der Waals surface area (Å²) in [6.07, 6.45) is 0.820. The smallest absolute Gasteiger partial charge is 0.323 e. The third kappa shape index (κ3) is 4.18. The molecule has 0 bridgehead atoms. The van der Waals surface area contributed by atoms with E-state index < -0.39 is 18.1 Å². The van der Waals surface area contributed by atoms with E-state index in [0.717, 1.165) is 6.42 Å². The lowest BCUT2D eigenvalue weighted by atomic mass is 9.98. The van der Waals surface area contributed by atoms with Crippen molar-refractivity contribution in [3.63, 3.8) is 0 Å². The molecule has 0 spiro atoms. The number of hydrogen-bond donors (Lipinski definition) is 1. The van der Waals surface area contributed by atoms with Crippen LogP contribution < -0.4 is 5.32 Å². The number of carbonyl (C=O) groups is 2. The van der Waals surface area contributed by atoms with Crippen LogP contribution in [0.5, 0.6) is 0 Å². The number of nitrogens with one attached hydrogen (secondary N) is 1. The Balaban J connectivity index is 4.54. The lowest BCUT2D eigenvalue weighted by Gasteiger charge is -2.24. The summed E-state index contributed by atoms with van der Waals surface area (Å²) < 4.78 is 9.28. The molecular formula is C11H21NO4. The second-order valence-electron chi connectivity index (χ2n) is 3.80. The van der Waals surface area contributed by atoms with Gasteiger partial charge in [-0.15, -0.1) is 0 Å². The van der Waals surface area contributed by atoms with Crippen LogP contribution in [0.1, 0.15) is 27.2 Å². The Morgan fingerprint density at radius 2 is 1.62 bits per heavy atom. The van der Waals surface area contributed by atoms with Crippen molar-refractivity contribution in [1.29, 1.82) is 0 Å². The molecule has 0 saturated heterocycles. The van der Waals surface area contributed by atoms with Gasteiger partial charge in [-0.25, -0.2) is 0 Å². The van der Waals surface area contributed by atoms with Gasteiger partial charge in [-0.2, -0.15) is 0 Å². The molecule has 5 nitrogen and oxygen atoms in total. The Morgan fingerprint density at radius 3 is 2.00 bits per heavy atom. The van der Waals surface area contributed by atoms with E-state index in [9.17, 15) is 9.59 Å². The molecule has 1 N–H and O–H groups in total. The molecule has 5 heteroatoms. The van der Waals surface area contributed by atoms with Crippen LogP contribution in [-0.4, -0.2) is 38.2 Å². The molecule has 0 heterocycles. The largest absolute Gasteiger partial charge is 0.468 e. The van der Waals surface area contributed by atoms with E-state index in [0.29, 0.717) is 0 Å². The van der Waals surface area contributed by atoms with Gasteiger partial charge in [-0.1, -0.05) is 20.3 Å². The highest BCUT2D eigenvalue weighted by Crippen LogP contribution is 2.10. The first-order valence-corrected chi connectivity index (χ1v) is 5.39. The number of carbonyl (C=O) groups excluding carboxylic acids is 2. The molecule has 0 radical (unpaired) electrons. The average molecular weight is 231 g/mol. The highest BCUT2D eigenvalue weighted by Gasteiger charge is 2.28. The summed E-state index contributed by atoms with van der Waals surface area (Å²) >= 11 is 0. The minimum Gasteiger partial charge on any atom is -0.468 e. The maximum Gasteiger partial charge on any atom is 0.323 e. The number of methoxy groups -OCH3 is 2. The zero-order chi connectivity index (χ0) is 12.7. The first-order valence-electron chi connectivity index (χ1n) is 5.39. The van der Waals surface area contributed by atoms with Crippen LogP contribution in [0.25, 0.3) is 0 Å². The number of esters is 2. The Kier molecular flexibility index (Phi) is 6.72. The zero-order valence-corrected chi connectivity index (χ0v) is 10.6. The first kappa shape index (κ1) is 14.9. The maximum absolute atomic E-state index is 11.5. The second-order valence-corrected chi connectivity index (χ2v) is 3.80. The van der Waals surface area contributed by atoms with Gasteiger partial charge in [0.05, 0.1) is 14.2 Å². The van der Waals surface area contributed by atoms with Crippen LogP contribution in [0.15, 0.2) is 0 Å². The molecule has 0 rings (SSSR count). The monoisotopic (exact) mass is 231 g/mol. The van der Waals surface area contributed by atoms with Gasteiger partial charge in [-0.3, -0.25) is 14.9 Å². The molecular weight excluding hydrogens is 210 g/mol. The van der Waals surface area contributed by atoms with Crippen molar-refractivity contribution in [1.82, 2.24) is 5.32 Å². The number of ether oxygens (including phenoxy) is 2. The lowest BCUT2D eigenvalue weighted by molar-refractivity contribution is -0.147. The molecule has 3 unspecified atom stereocenters. The molecule has 0 saturated carbocycles. The molecule has 0 aromatic rings. The van der Waals surface area contributed by atoms with E-state index >= 15 is 0 Å². The standard InChI is InChI=1S/C11H21NO4/c1-6-7(2)9(11(14)16-5)12-8(3)10(13)15-4/h7-9,12H,6H2,1-5H3. The fourth-order valence-corrected chi connectivity index (χ4v) is 1.34. The second kappa shape index (κ2) is 7.22. The van der Waals surface area contributed by atoms with Crippen LogP contribution in [0.2, 0.25) is 0 Å². The fraction of sp³-hybridized carbons (Fsp3) is 0.818. The van der Waals surface area contributed by atoms with Crippen molar-refractivity contribution in [2.24, 2.45) is 5.92 Å². The summed E-state index contributed by atoms with van der Waals surface area (Å²) in [5.41, 5.74) is 0. The molecule has 0 fully saturated rings. The molecule has 0 amide bonds. The average Bonchev–Trinajstić information content (AvgIpc) is 2.32. The predicted molar refractivity (Wildman–Crippen MR) is 59.9 cm³/mol. The molecule has 0 aromatic carbocycles. The molecule has 0 aliphatic carbocycles. The van der Waals surface area contributed by atoms with Gasteiger partial charge >= 0.3 is 11.9 Å². The van der Waals surface area contributed by atoms with Crippen LogP contribution in [0.3, 0.4) is 0 Å². The Bertz CT molecular complexity index is 242. The number of hydrogen-bond acceptors (Lipinski definition) is 5. The van der Waals surface area contributed by atoms with Crippen molar-refractivity contribution in [3.8, 4) is 0 Å². The van der Waals surface area contributed by atoms with Crippen molar-refractivity contribution in [2.45, 2.75) is 39.3 Å². The highest BCUT2D eigenvalue weighted by atomic mass is 16.5. The third-order valence-electron chi connectivity index (χ3n) is 2.65. The van der Waals surface area contributed by atoms with E-state index in [1.165, 1.54) is 14.2 Å².